The topological polar surface area (TPSA) is 78.9 Å². The van der Waals surface area contributed by atoms with Gasteiger partial charge in [0.15, 0.2) is 0 Å². The molecule has 6 nitrogen and oxygen atoms in total. The van der Waals surface area contributed by atoms with Gasteiger partial charge in [-0.2, -0.15) is 18.2 Å². The van der Waals surface area contributed by atoms with Gasteiger partial charge in [0.25, 0.3) is 5.91 Å². The summed E-state index contributed by atoms with van der Waals surface area (Å²) in [6.07, 6.45) is -3.97. The smallest absolute Gasteiger partial charge is 0.355 e. The molecule has 0 atom stereocenters. The van der Waals surface area contributed by atoms with Crippen molar-refractivity contribution in [1.29, 1.82) is 0 Å². The lowest BCUT2D eigenvalue weighted by atomic mass is 10.1. The summed E-state index contributed by atoms with van der Waals surface area (Å²) in [5.41, 5.74) is 1.01. The number of hydrogen-bond donors (Lipinski definition) is 3. The first-order valence-electron chi connectivity index (χ1n) is 8.64. The van der Waals surface area contributed by atoms with Gasteiger partial charge in [-0.05, 0) is 31.2 Å². The van der Waals surface area contributed by atoms with Crippen LogP contribution in [-0.2, 0) is 6.18 Å². The average Bonchev–Trinajstić information content (AvgIpc) is 2.69. The number of carbonyl (C=O) groups excluding carboxylic acids is 1. The first-order chi connectivity index (χ1) is 13.8. The number of alkyl halides is 3. The number of carbonyl (C=O) groups is 1. The monoisotopic (exact) mass is 401 g/mol. The van der Waals surface area contributed by atoms with Crippen molar-refractivity contribution in [1.82, 2.24) is 15.3 Å². The van der Waals surface area contributed by atoms with Crippen LogP contribution >= 0.6 is 0 Å². The summed E-state index contributed by atoms with van der Waals surface area (Å²) in [6, 6.07) is 13.5. The minimum Gasteiger partial charge on any atom is -0.355 e. The third-order valence-corrected chi connectivity index (χ3v) is 4.05. The molecule has 1 amide bonds. The van der Waals surface area contributed by atoms with Gasteiger partial charge in [0.05, 0.1) is 11.3 Å². The van der Waals surface area contributed by atoms with Crippen LogP contribution in [0.4, 0.5) is 36.3 Å². The van der Waals surface area contributed by atoms with E-state index in [0.29, 0.717) is 11.9 Å². The van der Waals surface area contributed by atoms with E-state index in [9.17, 15) is 18.0 Å². The highest BCUT2D eigenvalue weighted by atomic mass is 19.4. The van der Waals surface area contributed by atoms with Crippen LogP contribution in [0.15, 0.2) is 54.7 Å². The normalized spacial score (nSPS) is 11.1. The van der Waals surface area contributed by atoms with Crippen molar-refractivity contribution in [3.05, 3.63) is 71.4 Å². The lowest BCUT2D eigenvalue weighted by molar-refractivity contribution is -0.137. The standard InChI is InChI=1S/C20H18F3N5O/c1-12-7-9-13(10-8-12)26-19-25-11-15(20(21,22)23)17(28-19)27-16-6-4-3-5-14(16)18(29)24-2/h3-11H,1-2H3,(H,24,29)(H2,25,26,27,28). The Balaban J connectivity index is 1.99. The maximum absolute atomic E-state index is 13.5. The first-order valence-corrected chi connectivity index (χ1v) is 8.64. The number of amides is 1. The van der Waals surface area contributed by atoms with E-state index < -0.39 is 23.5 Å². The van der Waals surface area contributed by atoms with Crippen molar-refractivity contribution in [3.63, 3.8) is 0 Å². The SMILES string of the molecule is CNC(=O)c1ccccc1Nc1nc(Nc2ccc(C)cc2)ncc1C(F)(F)F. The second kappa shape index (κ2) is 8.17. The van der Waals surface area contributed by atoms with Crippen LogP contribution in [0, 0.1) is 6.92 Å². The van der Waals surface area contributed by atoms with Crippen LogP contribution in [0.2, 0.25) is 0 Å². The Hall–Kier alpha value is -3.62. The number of aromatic nitrogens is 2. The molecule has 0 fully saturated rings. The molecule has 0 aliphatic carbocycles. The molecular formula is C20H18F3N5O. The maximum atomic E-state index is 13.5. The van der Waals surface area contributed by atoms with Gasteiger partial charge in [0.2, 0.25) is 5.95 Å². The molecule has 3 rings (SSSR count). The molecule has 150 valence electrons. The molecule has 0 spiro atoms. The van der Waals surface area contributed by atoms with Crippen molar-refractivity contribution >= 4 is 29.0 Å². The van der Waals surface area contributed by atoms with E-state index in [4.69, 9.17) is 0 Å². The Kier molecular flexibility index (Phi) is 5.67. The Morgan fingerprint density at radius 2 is 1.69 bits per heavy atom. The molecule has 0 radical (unpaired) electrons. The van der Waals surface area contributed by atoms with Crippen molar-refractivity contribution in [2.45, 2.75) is 13.1 Å². The predicted octanol–water partition coefficient (Wildman–Crippen LogP) is 4.65. The average molecular weight is 401 g/mol. The summed E-state index contributed by atoms with van der Waals surface area (Å²) < 4.78 is 40.4. The summed E-state index contributed by atoms with van der Waals surface area (Å²) in [5, 5.41) is 7.96. The summed E-state index contributed by atoms with van der Waals surface area (Å²) in [6.45, 7) is 1.92. The number of anilines is 4. The molecule has 9 heteroatoms. The minimum atomic E-state index is -4.67. The van der Waals surface area contributed by atoms with Crippen LogP contribution < -0.4 is 16.0 Å². The molecule has 1 heterocycles. The first kappa shape index (κ1) is 20.1. The predicted molar refractivity (Wildman–Crippen MR) is 105 cm³/mol. The van der Waals surface area contributed by atoms with E-state index in [2.05, 4.69) is 25.9 Å². The van der Waals surface area contributed by atoms with Crippen molar-refractivity contribution in [3.8, 4) is 0 Å². The molecule has 0 saturated carbocycles. The molecule has 0 saturated heterocycles. The van der Waals surface area contributed by atoms with Gasteiger partial charge in [-0.3, -0.25) is 4.79 Å². The molecule has 29 heavy (non-hydrogen) atoms. The molecule has 2 aromatic carbocycles. The molecule has 1 aromatic heterocycles. The highest BCUT2D eigenvalue weighted by Crippen LogP contribution is 2.35. The van der Waals surface area contributed by atoms with Crippen LogP contribution in [0.25, 0.3) is 0 Å². The Bertz CT molecular complexity index is 1020. The molecular weight excluding hydrogens is 383 g/mol. The van der Waals surface area contributed by atoms with Crippen LogP contribution in [-0.4, -0.2) is 22.9 Å². The van der Waals surface area contributed by atoms with E-state index in [1.165, 1.54) is 19.2 Å². The van der Waals surface area contributed by atoms with Crippen molar-refractivity contribution in [2.75, 3.05) is 17.7 Å². The van der Waals surface area contributed by atoms with Gasteiger partial charge in [-0.15, -0.1) is 0 Å². The van der Waals surface area contributed by atoms with Gasteiger partial charge in [0.1, 0.15) is 11.4 Å². The third kappa shape index (κ3) is 4.81. The second-order valence-electron chi connectivity index (χ2n) is 6.19. The summed E-state index contributed by atoms with van der Waals surface area (Å²) in [7, 11) is 1.44. The van der Waals surface area contributed by atoms with Crippen LogP contribution in [0.5, 0.6) is 0 Å². The fourth-order valence-electron chi connectivity index (χ4n) is 2.56. The third-order valence-electron chi connectivity index (χ3n) is 4.05. The molecule has 0 unspecified atom stereocenters. The number of nitrogens with zero attached hydrogens (tertiary/aromatic N) is 2. The molecule has 0 aliphatic rings. The van der Waals surface area contributed by atoms with Gasteiger partial charge in [0, 0.05) is 18.9 Å². The van der Waals surface area contributed by atoms with E-state index in [-0.39, 0.29) is 17.2 Å². The number of rotatable bonds is 5. The van der Waals surface area contributed by atoms with E-state index in [0.717, 1.165) is 5.56 Å². The number of nitrogens with one attached hydrogen (secondary N) is 3. The minimum absolute atomic E-state index is 0.0122. The number of para-hydroxylation sites is 1. The maximum Gasteiger partial charge on any atom is 0.421 e. The lowest BCUT2D eigenvalue weighted by Crippen LogP contribution is -2.20. The number of benzene rings is 2. The van der Waals surface area contributed by atoms with E-state index in [1.807, 2.05) is 19.1 Å². The Labute approximate surface area is 165 Å². The van der Waals surface area contributed by atoms with Crippen molar-refractivity contribution < 1.29 is 18.0 Å². The zero-order valence-corrected chi connectivity index (χ0v) is 15.6. The molecule has 3 N–H and O–H groups in total. The fourth-order valence-corrected chi connectivity index (χ4v) is 2.56. The largest absolute Gasteiger partial charge is 0.421 e. The number of halogens is 3. The van der Waals surface area contributed by atoms with E-state index >= 15 is 0 Å². The highest BCUT2D eigenvalue weighted by molar-refractivity contribution is 6.00. The second-order valence-corrected chi connectivity index (χ2v) is 6.19. The van der Waals surface area contributed by atoms with Crippen LogP contribution in [0.1, 0.15) is 21.5 Å². The Morgan fingerprint density at radius 1 is 1.00 bits per heavy atom. The van der Waals surface area contributed by atoms with Gasteiger partial charge >= 0.3 is 6.18 Å². The highest BCUT2D eigenvalue weighted by Gasteiger charge is 2.35. The zero-order valence-electron chi connectivity index (χ0n) is 15.6. The van der Waals surface area contributed by atoms with E-state index in [1.54, 1.807) is 24.3 Å². The zero-order chi connectivity index (χ0) is 21.0. The molecule has 0 aliphatic heterocycles. The Morgan fingerprint density at radius 3 is 2.34 bits per heavy atom. The molecule has 3 aromatic rings. The summed E-state index contributed by atoms with van der Waals surface area (Å²) in [4.78, 5) is 19.8. The van der Waals surface area contributed by atoms with Gasteiger partial charge in [-0.25, -0.2) is 4.98 Å². The summed E-state index contributed by atoms with van der Waals surface area (Å²) in [5.74, 6) is -0.908. The molecule has 0 bridgehead atoms. The quantitative estimate of drug-likeness (QED) is 0.580. The lowest BCUT2D eigenvalue weighted by Gasteiger charge is -2.16. The number of aryl methyl sites for hydroxylation is 1. The van der Waals surface area contributed by atoms with Gasteiger partial charge < -0.3 is 16.0 Å². The number of hydrogen-bond acceptors (Lipinski definition) is 5. The summed E-state index contributed by atoms with van der Waals surface area (Å²) >= 11 is 0. The van der Waals surface area contributed by atoms with Gasteiger partial charge in [-0.1, -0.05) is 29.8 Å². The van der Waals surface area contributed by atoms with Crippen LogP contribution in [0.3, 0.4) is 0 Å². The fraction of sp³-hybridized carbons (Fsp3) is 0.150. The van der Waals surface area contributed by atoms with Crippen molar-refractivity contribution in [2.24, 2.45) is 0 Å².